The third kappa shape index (κ3) is 4.08. The first-order chi connectivity index (χ1) is 14.1. The Hall–Kier alpha value is -3.35. The number of hydrazone groups is 1. The number of nitrogens with zero attached hydrogens (tertiary/aromatic N) is 4. The molecule has 3 N–H and O–H groups in total. The highest BCUT2D eigenvalue weighted by Gasteiger charge is 2.19. The zero-order valence-electron chi connectivity index (χ0n) is 17.0. The van der Waals surface area contributed by atoms with Gasteiger partial charge in [-0.05, 0) is 54.8 Å². The van der Waals surface area contributed by atoms with Gasteiger partial charge in [0.2, 0.25) is 0 Å². The van der Waals surface area contributed by atoms with Gasteiger partial charge in [-0.1, -0.05) is 12.1 Å². The van der Waals surface area contributed by atoms with Crippen LogP contribution in [0.2, 0.25) is 0 Å². The third-order valence-corrected chi connectivity index (χ3v) is 5.47. The van der Waals surface area contributed by atoms with Crippen molar-refractivity contribution >= 4 is 23.2 Å². The molecular formula is C22H28N6O+2. The first-order valence-corrected chi connectivity index (χ1v) is 9.95. The topological polar surface area (TPSA) is 71.5 Å². The van der Waals surface area contributed by atoms with Crippen LogP contribution in [0.4, 0.5) is 0 Å². The molecule has 4 rings (SSSR count). The lowest BCUT2D eigenvalue weighted by Gasteiger charge is -2.05. The van der Waals surface area contributed by atoms with Gasteiger partial charge >= 0.3 is 5.96 Å². The Morgan fingerprint density at radius 3 is 2.62 bits per heavy atom. The number of rotatable bonds is 5. The predicted molar refractivity (Wildman–Crippen MR) is 114 cm³/mol. The molecule has 0 radical (unpaired) electrons. The molecular weight excluding hydrogens is 364 g/mol. The molecule has 7 nitrogen and oxygen atoms in total. The van der Waals surface area contributed by atoms with Crippen LogP contribution in [0.1, 0.15) is 24.2 Å². The standard InChI is InChI=1S/C22H27N6O/c1-26-19-7-3-4-8-20(19)27(2)21(26)16-29-18-11-9-17(10-12-18)15-24-25-22(23)28-13-5-6-14-28/h3-4,7-12,15H,5-6,13-14,16H2,1-2H3,(H2,23,25)/q+1/p+1/b24-15+. The number of imidazole rings is 1. The Labute approximate surface area is 170 Å². The summed E-state index contributed by atoms with van der Waals surface area (Å²) in [5.74, 6) is 2.54. The second-order valence-corrected chi connectivity index (χ2v) is 7.33. The average molecular weight is 393 g/mol. The molecule has 0 aliphatic carbocycles. The maximum atomic E-state index is 6.02. The number of para-hydroxylation sites is 2. The fraction of sp³-hybridized carbons (Fsp3) is 0.318. The summed E-state index contributed by atoms with van der Waals surface area (Å²) in [5, 5.41) is 4.23. The van der Waals surface area contributed by atoms with E-state index in [1.807, 2.05) is 24.3 Å². The van der Waals surface area contributed by atoms with E-state index < -0.39 is 0 Å². The second kappa shape index (κ2) is 8.34. The molecule has 0 amide bonds. The van der Waals surface area contributed by atoms with Crippen molar-refractivity contribution in [2.75, 3.05) is 13.1 Å². The number of fused-ring (bicyclic) bond motifs is 1. The zero-order valence-corrected chi connectivity index (χ0v) is 17.0. The number of aromatic nitrogens is 2. The lowest BCUT2D eigenvalue weighted by molar-refractivity contribution is -0.655. The lowest BCUT2D eigenvalue weighted by Crippen LogP contribution is -2.37. The molecule has 0 saturated carbocycles. The van der Waals surface area contributed by atoms with E-state index in [-0.39, 0.29) is 0 Å². The minimum Gasteiger partial charge on any atom is -0.481 e. The van der Waals surface area contributed by atoms with Gasteiger partial charge < -0.3 is 4.74 Å². The highest BCUT2D eigenvalue weighted by Crippen LogP contribution is 2.16. The summed E-state index contributed by atoms with van der Waals surface area (Å²) in [6.45, 7) is 2.49. The summed E-state index contributed by atoms with van der Waals surface area (Å²) < 4.78 is 12.5. The Morgan fingerprint density at radius 2 is 1.90 bits per heavy atom. The first kappa shape index (κ1) is 19.0. The van der Waals surface area contributed by atoms with Gasteiger partial charge in [-0.25, -0.2) is 9.13 Å². The molecule has 0 unspecified atom stereocenters. The SMILES string of the molecule is Cn1c(COc2ccc(/C=N/NC(N)=[N+]3CCCC3)cc2)[n+](C)c2ccccc21. The van der Waals surface area contributed by atoms with E-state index in [1.54, 1.807) is 6.21 Å². The maximum Gasteiger partial charge on any atom is 0.367 e. The summed E-state index contributed by atoms with van der Waals surface area (Å²) >= 11 is 0. The fourth-order valence-electron chi connectivity index (χ4n) is 3.73. The molecule has 1 saturated heterocycles. The van der Waals surface area contributed by atoms with E-state index in [4.69, 9.17) is 10.5 Å². The number of nitrogens with one attached hydrogen (secondary N) is 1. The van der Waals surface area contributed by atoms with Crippen LogP contribution in [0.15, 0.2) is 53.6 Å². The number of benzene rings is 2. The largest absolute Gasteiger partial charge is 0.481 e. The summed E-state index contributed by atoms with van der Waals surface area (Å²) in [6, 6.07) is 16.2. The predicted octanol–water partition coefficient (Wildman–Crippen LogP) is 1.63. The minimum atomic E-state index is 0.498. The van der Waals surface area contributed by atoms with E-state index in [1.165, 1.54) is 23.9 Å². The minimum absolute atomic E-state index is 0.498. The van der Waals surface area contributed by atoms with E-state index in [2.05, 4.69) is 62.6 Å². The number of guanidine groups is 1. The van der Waals surface area contributed by atoms with Crippen LogP contribution >= 0.6 is 0 Å². The van der Waals surface area contributed by atoms with Crippen LogP contribution in [-0.2, 0) is 20.7 Å². The van der Waals surface area contributed by atoms with Gasteiger partial charge in [-0.15, -0.1) is 5.10 Å². The Bertz CT molecular complexity index is 1020. The quantitative estimate of drug-likeness (QED) is 0.300. The van der Waals surface area contributed by atoms with Crippen molar-refractivity contribution in [3.8, 4) is 5.75 Å². The van der Waals surface area contributed by atoms with E-state index >= 15 is 0 Å². The molecule has 0 bridgehead atoms. The summed E-state index contributed by atoms with van der Waals surface area (Å²) in [7, 11) is 4.14. The van der Waals surface area contributed by atoms with E-state index in [0.717, 1.165) is 30.2 Å². The van der Waals surface area contributed by atoms with Gasteiger partial charge in [-0.3, -0.25) is 10.3 Å². The highest BCUT2D eigenvalue weighted by molar-refractivity contribution is 5.81. The van der Waals surface area contributed by atoms with Gasteiger partial charge in [0.15, 0.2) is 17.6 Å². The van der Waals surface area contributed by atoms with E-state index in [9.17, 15) is 0 Å². The lowest BCUT2D eigenvalue weighted by atomic mass is 10.2. The molecule has 3 aromatic rings. The van der Waals surface area contributed by atoms with Crippen molar-refractivity contribution in [2.45, 2.75) is 19.4 Å². The average Bonchev–Trinajstić information content (AvgIpc) is 3.36. The van der Waals surface area contributed by atoms with Crippen LogP contribution in [0.3, 0.4) is 0 Å². The molecule has 1 aromatic heterocycles. The Kier molecular flexibility index (Phi) is 5.46. The Morgan fingerprint density at radius 1 is 1.17 bits per heavy atom. The monoisotopic (exact) mass is 392 g/mol. The molecule has 1 aliphatic rings. The second-order valence-electron chi connectivity index (χ2n) is 7.33. The van der Waals surface area contributed by atoms with Crippen molar-refractivity contribution < 1.29 is 13.9 Å². The smallest absolute Gasteiger partial charge is 0.367 e. The van der Waals surface area contributed by atoms with Crippen LogP contribution < -0.4 is 20.5 Å². The van der Waals surface area contributed by atoms with Crippen molar-refractivity contribution in [2.24, 2.45) is 24.9 Å². The molecule has 2 heterocycles. The molecule has 7 heteroatoms. The van der Waals surface area contributed by atoms with Crippen LogP contribution in [0.25, 0.3) is 11.0 Å². The van der Waals surface area contributed by atoms with Crippen molar-refractivity contribution in [3.05, 3.63) is 59.9 Å². The first-order valence-electron chi connectivity index (χ1n) is 9.95. The van der Waals surface area contributed by atoms with Gasteiger partial charge in [0.1, 0.15) is 5.75 Å². The molecule has 1 fully saturated rings. The summed E-state index contributed by atoms with van der Waals surface area (Å²) in [5.41, 5.74) is 12.3. The molecule has 2 aromatic carbocycles. The summed E-state index contributed by atoms with van der Waals surface area (Å²) in [4.78, 5) is 0. The number of nitrogens with two attached hydrogens (primary N) is 1. The van der Waals surface area contributed by atoms with Gasteiger partial charge in [-0.2, -0.15) is 5.43 Å². The highest BCUT2D eigenvalue weighted by atomic mass is 16.5. The Balaban J connectivity index is 1.38. The normalized spacial score (nSPS) is 14.1. The molecule has 0 spiro atoms. The zero-order chi connectivity index (χ0) is 20.2. The van der Waals surface area contributed by atoms with Gasteiger partial charge in [0, 0.05) is 0 Å². The van der Waals surface area contributed by atoms with Gasteiger partial charge in [0.25, 0.3) is 5.82 Å². The molecule has 29 heavy (non-hydrogen) atoms. The molecule has 0 atom stereocenters. The number of hydrogen-bond donors (Lipinski definition) is 2. The van der Waals surface area contributed by atoms with E-state index in [0.29, 0.717) is 12.6 Å². The van der Waals surface area contributed by atoms with Crippen molar-refractivity contribution in [1.29, 1.82) is 0 Å². The number of hydrogen-bond acceptors (Lipinski definition) is 2. The van der Waals surface area contributed by atoms with Crippen LogP contribution in [-0.4, -0.2) is 34.4 Å². The van der Waals surface area contributed by atoms with Crippen LogP contribution in [0, 0.1) is 0 Å². The number of aryl methyl sites for hydroxylation is 2. The summed E-state index contributed by atoms with van der Waals surface area (Å²) in [6.07, 6.45) is 4.13. The van der Waals surface area contributed by atoms with Crippen molar-refractivity contribution in [1.82, 2.24) is 9.99 Å². The molecule has 1 aliphatic heterocycles. The number of ether oxygens (including phenoxy) is 1. The fourth-order valence-corrected chi connectivity index (χ4v) is 3.73. The van der Waals surface area contributed by atoms with Gasteiger partial charge in [0.05, 0.1) is 33.4 Å². The maximum absolute atomic E-state index is 6.02. The van der Waals surface area contributed by atoms with Crippen molar-refractivity contribution in [3.63, 3.8) is 0 Å². The molecule has 150 valence electrons. The van der Waals surface area contributed by atoms with Crippen LogP contribution in [0.5, 0.6) is 5.75 Å². The third-order valence-electron chi connectivity index (χ3n) is 5.47.